The van der Waals surface area contributed by atoms with Gasteiger partial charge in [0.2, 0.25) is 0 Å². The molecule has 4 rings (SSSR count). The SMILES string of the molecule is c1csc(-c2ncc(COc3ccc(CCCCn4ccnc4)cc3)s2)c1. The third-order valence-electron chi connectivity index (χ3n) is 4.28. The number of rotatable bonds is 9. The molecule has 3 aromatic heterocycles. The fraction of sp³-hybridized carbons (Fsp3) is 0.238. The van der Waals surface area contributed by atoms with E-state index in [4.69, 9.17) is 4.74 Å². The topological polar surface area (TPSA) is 39.9 Å². The predicted octanol–water partition coefficient (Wildman–Crippen LogP) is 5.67. The summed E-state index contributed by atoms with van der Waals surface area (Å²) < 4.78 is 8.04. The minimum absolute atomic E-state index is 0.563. The van der Waals surface area contributed by atoms with Crippen LogP contribution in [0.2, 0.25) is 0 Å². The summed E-state index contributed by atoms with van der Waals surface area (Å²) in [5.74, 6) is 0.906. The number of nitrogens with zero attached hydrogens (tertiary/aromatic N) is 3. The van der Waals surface area contributed by atoms with Crippen molar-refractivity contribution in [2.75, 3.05) is 0 Å². The molecule has 0 fully saturated rings. The van der Waals surface area contributed by atoms with Gasteiger partial charge < -0.3 is 9.30 Å². The summed E-state index contributed by atoms with van der Waals surface area (Å²) in [6.07, 6.45) is 11.0. The molecule has 4 aromatic rings. The van der Waals surface area contributed by atoms with Crippen LogP contribution in [0.3, 0.4) is 0 Å². The van der Waals surface area contributed by atoms with Crippen LogP contribution < -0.4 is 4.74 Å². The summed E-state index contributed by atoms with van der Waals surface area (Å²) in [7, 11) is 0. The molecule has 0 saturated carbocycles. The van der Waals surface area contributed by atoms with E-state index in [0.29, 0.717) is 6.61 Å². The molecule has 0 aliphatic carbocycles. The van der Waals surface area contributed by atoms with Gasteiger partial charge in [-0.25, -0.2) is 9.97 Å². The first-order chi connectivity index (χ1) is 13.4. The minimum Gasteiger partial charge on any atom is -0.488 e. The summed E-state index contributed by atoms with van der Waals surface area (Å²) in [5, 5.41) is 3.14. The molecular formula is C21H21N3OS2. The molecule has 0 amide bonds. The number of hydrogen-bond acceptors (Lipinski definition) is 5. The molecule has 0 N–H and O–H groups in total. The van der Waals surface area contributed by atoms with E-state index in [0.717, 1.165) is 35.0 Å². The molecule has 0 bridgehead atoms. The average molecular weight is 396 g/mol. The number of hydrogen-bond donors (Lipinski definition) is 0. The van der Waals surface area contributed by atoms with Gasteiger partial charge in [0, 0.05) is 25.1 Å². The van der Waals surface area contributed by atoms with Crippen LogP contribution in [-0.2, 0) is 19.6 Å². The van der Waals surface area contributed by atoms with Crippen molar-refractivity contribution in [3.63, 3.8) is 0 Å². The van der Waals surface area contributed by atoms with Gasteiger partial charge in [-0.3, -0.25) is 0 Å². The van der Waals surface area contributed by atoms with Crippen LogP contribution in [0.5, 0.6) is 5.75 Å². The summed E-state index contributed by atoms with van der Waals surface area (Å²) in [5.41, 5.74) is 1.35. The van der Waals surface area contributed by atoms with Gasteiger partial charge in [-0.1, -0.05) is 18.2 Å². The van der Waals surface area contributed by atoms with Crippen molar-refractivity contribution in [1.29, 1.82) is 0 Å². The van der Waals surface area contributed by atoms with Gasteiger partial charge >= 0.3 is 0 Å². The third kappa shape index (κ3) is 5.05. The second-order valence-corrected chi connectivity index (χ2v) is 8.36. The Morgan fingerprint density at radius 3 is 2.78 bits per heavy atom. The van der Waals surface area contributed by atoms with Crippen molar-refractivity contribution in [3.8, 4) is 15.6 Å². The quantitative estimate of drug-likeness (QED) is 0.343. The van der Waals surface area contributed by atoms with Gasteiger partial charge in [0.05, 0.1) is 16.1 Å². The lowest BCUT2D eigenvalue weighted by Crippen LogP contribution is -1.96. The second kappa shape index (κ2) is 8.97. The van der Waals surface area contributed by atoms with Crippen molar-refractivity contribution in [2.24, 2.45) is 0 Å². The van der Waals surface area contributed by atoms with Crippen molar-refractivity contribution in [2.45, 2.75) is 32.4 Å². The third-order valence-corrected chi connectivity index (χ3v) is 6.29. The molecule has 0 spiro atoms. The Bertz CT molecular complexity index is 928. The Morgan fingerprint density at radius 1 is 1.07 bits per heavy atom. The zero-order valence-corrected chi connectivity index (χ0v) is 16.6. The van der Waals surface area contributed by atoms with Gasteiger partial charge in [0.1, 0.15) is 17.4 Å². The van der Waals surface area contributed by atoms with Crippen LogP contribution in [0, 0.1) is 0 Å². The van der Waals surface area contributed by atoms with Gasteiger partial charge in [-0.2, -0.15) is 0 Å². The molecule has 0 aliphatic rings. The monoisotopic (exact) mass is 395 g/mol. The zero-order chi connectivity index (χ0) is 18.3. The number of unbranched alkanes of at least 4 members (excludes halogenated alkanes) is 1. The standard InChI is InChI=1S/C21H21N3OS2/c1(2-11-24-12-10-22-16-24)4-17-6-8-18(9-7-17)25-15-19-14-23-21(27-19)20-5-3-13-26-20/h3,5-10,12-14,16H,1-2,4,11,15H2. The first-order valence-corrected chi connectivity index (χ1v) is 10.7. The van der Waals surface area contributed by atoms with E-state index in [1.165, 1.54) is 16.9 Å². The summed E-state index contributed by atoms with van der Waals surface area (Å²) >= 11 is 3.41. The predicted molar refractivity (Wildman–Crippen MR) is 111 cm³/mol. The van der Waals surface area contributed by atoms with E-state index in [9.17, 15) is 0 Å². The first kappa shape index (κ1) is 17.9. The smallest absolute Gasteiger partial charge is 0.133 e. The van der Waals surface area contributed by atoms with Crippen molar-refractivity contribution >= 4 is 22.7 Å². The Labute approximate surface area is 167 Å². The lowest BCUT2D eigenvalue weighted by Gasteiger charge is -2.06. The highest BCUT2D eigenvalue weighted by Crippen LogP contribution is 2.29. The van der Waals surface area contributed by atoms with E-state index >= 15 is 0 Å². The lowest BCUT2D eigenvalue weighted by atomic mass is 10.1. The fourth-order valence-electron chi connectivity index (χ4n) is 2.84. The van der Waals surface area contributed by atoms with Crippen LogP contribution in [0.1, 0.15) is 23.3 Å². The lowest BCUT2D eigenvalue weighted by molar-refractivity contribution is 0.309. The van der Waals surface area contributed by atoms with Gasteiger partial charge in [0.15, 0.2) is 0 Å². The molecule has 0 atom stereocenters. The highest BCUT2D eigenvalue weighted by molar-refractivity contribution is 7.20. The fourth-order valence-corrected chi connectivity index (χ4v) is 4.47. The molecule has 6 heteroatoms. The molecule has 4 nitrogen and oxygen atoms in total. The number of aryl methyl sites for hydroxylation is 2. The van der Waals surface area contributed by atoms with Gasteiger partial charge in [-0.05, 0) is 48.4 Å². The molecular weight excluding hydrogens is 374 g/mol. The van der Waals surface area contributed by atoms with E-state index in [-0.39, 0.29) is 0 Å². The molecule has 138 valence electrons. The number of aromatic nitrogens is 3. The maximum absolute atomic E-state index is 5.92. The van der Waals surface area contributed by atoms with Crippen molar-refractivity contribution in [1.82, 2.24) is 14.5 Å². The number of thiophene rings is 1. The van der Waals surface area contributed by atoms with Crippen molar-refractivity contribution in [3.05, 3.63) is 77.1 Å². The van der Waals surface area contributed by atoms with Crippen LogP contribution >= 0.6 is 22.7 Å². The Balaban J connectivity index is 1.22. The Hall–Kier alpha value is -2.44. The van der Waals surface area contributed by atoms with Gasteiger partial charge in [-0.15, -0.1) is 22.7 Å². The molecule has 0 saturated heterocycles. The van der Waals surface area contributed by atoms with Crippen LogP contribution in [0.4, 0.5) is 0 Å². The summed E-state index contributed by atoms with van der Waals surface area (Å²) in [4.78, 5) is 10.9. The van der Waals surface area contributed by atoms with Gasteiger partial charge in [0.25, 0.3) is 0 Å². The van der Waals surface area contributed by atoms with Crippen LogP contribution in [0.25, 0.3) is 9.88 Å². The maximum Gasteiger partial charge on any atom is 0.133 e. The first-order valence-electron chi connectivity index (χ1n) is 9.03. The normalized spacial score (nSPS) is 11.0. The molecule has 0 radical (unpaired) electrons. The highest BCUT2D eigenvalue weighted by atomic mass is 32.1. The molecule has 27 heavy (non-hydrogen) atoms. The number of imidazole rings is 1. The molecule has 0 aliphatic heterocycles. The van der Waals surface area contributed by atoms with E-state index in [2.05, 4.69) is 56.3 Å². The van der Waals surface area contributed by atoms with Crippen LogP contribution in [-0.4, -0.2) is 14.5 Å². The number of benzene rings is 1. The maximum atomic E-state index is 5.92. The Kier molecular flexibility index (Phi) is 5.96. The zero-order valence-electron chi connectivity index (χ0n) is 15.0. The van der Waals surface area contributed by atoms with Crippen molar-refractivity contribution < 1.29 is 4.74 Å². The van der Waals surface area contributed by atoms with E-state index in [1.54, 1.807) is 22.7 Å². The summed E-state index contributed by atoms with van der Waals surface area (Å²) in [6.45, 7) is 1.59. The highest BCUT2D eigenvalue weighted by Gasteiger charge is 2.06. The van der Waals surface area contributed by atoms with Crippen LogP contribution in [0.15, 0.2) is 66.7 Å². The summed E-state index contributed by atoms with van der Waals surface area (Å²) in [6, 6.07) is 12.6. The minimum atomic E-state index is 0.563. The molecule has 0 unspecified atom stereocenters. The molecule has 1 aromatic carbocycles. The van der Waals surface area contributed by atoms with E-state index in [1.807, 2.05) is 24.9 Å². The number of thiazole rings is 1. The average Bonchev–Trinajstić information content (AvgIpc) is 3.47. The largest absolute Gasteiger partial charge is 0.488 e. The Morgan fingerprint density at radius 2 is 2.00 bits per heavy atom. The number of ether oxygens (including phenoxy) is 1. The second-order valence-electron chi connectivity index (χ2n) is 6.30. The van der Waals surface area contributed by atoms with E-state index < -0.39 is 0 Å². The molecule has 3 heterocycles.